The lowest BCUT2D eigenvalue weighted by Gasteiger charge is -2.16. The summed E-state index contributed by atoms with van der Waals surface area (Å²) in [6.07, 6.45) is 4.05. The van der Waals surface area contributed by atoms with Crippen LogP contribution < -0.4 is 0 Å². The lowest BCUT2D eigenvalue weighted by molar-refractivity contribution is -0.384. The third-order valence-electron chi connectivity index (χ3n) is 5.18. The van der Waals surface area contributed by atoms with Gasteiger partial charge in [0.1, 0.15) is 0 Å². The van der Waals surface area contributed by atoms with E-state index in [2.05, 4.69) is 22.3 Å². The standard InChI is InChI=1S/C22H21N3O5/c1-14(21-23-24-22(30-21)17-8-10-19(11-9-17)25(27)28)29-20(26)13-15-6-7-16-4-2-3-5-18(16)12-15/h6-12,14H,2-5,13H2,1H3/t14-/m0/s1. The summed E-state index contributed by atoms with van der Waals surface area (Å²) in [6.45, 7) is 1.66. The van der Waals surface area contributed by atoms with Gasteiger partial charge in [0.2, 0.25) is 5.89 Å². The molecule has 0 amide bonds. The molecule has 154 valence electrons. The van der Waals surface area contributed by atoms with E-state index in [-0.39, 0.29) is 29.9 Å². The maximum atomic E-state index is 12.4. The van der Waals surface area contributed by atoms with E-state index in [9.17, 15) is 14.9 Å². The Morgan fingerprint density at radius 2 is 1.87 bits per heavy atom. The molecule has 1 heterocycles. The van der Waals surface area contributed by atoms with Crippen molar-refractivity contribution in [3.8, 4) is 11.5 Å². The van der Waals surface area contributed by atoms with Crippen molar-refractivity contribution in [3.05, 3.63) is 75.2 Å². The molecule has 1 aliphatic carbocycles. The Bertz CT molecular complexity index is 1070. The van der Waals surface area contributed by atoms with Crippen molar-refractivity contribution in [2.75, 3.05) is 0 Å². The first-order valence-corrected chi connectivity index (χ1v) is 9.88. The molecule has 0 fully saturated rings. The van der Waals surface area contributed by atoms with Crippen LogP contribution in [0, 0.1) is 10.1 Å². The van der Waals surface area contributed by atoms with Crippen LogP contribution in [0.3, 0.4) is 0 Å². The first-order valence-electron chi connectivity index (χ1n) is 9.88. The number of nitro benzene ring substituents is 1. The van der Waals surface area contributed by atoms with Gasteiger partial charge < -0.3 is 9.15 Å². The van der Waals surface area contributed by atoms with Crippen LogP contribution in [-0.4, -0.2) is 21.1 Å². The van der Waals surface area contributed by atoms with Gasteiger partial charge in [-0.3, -0.25) is 14.9 Å². The second-order valence-corrected chi connectivity index (χ2v) is 7.37. The fourth-order valence-electron chi connectivity index (χ4n) is 3.59. The summed E-state index contributed by atoms with van der Waals surface area (Å²) in [5.41, 5.74) is 4.15. The van der Waals surface area contributed by atoms with Gasteiger partial charge in [0.25, 0.3) is 11.6 Å². The van der Waals surface area contributed by atoms with Crippen LogP contribution >= 0.6 is 0 Å². The number of aromatic nitrogens is 2. The molecule has 0 N–H and O–H groups in total. The Kier molecular flexibility index (Phi) is 5.56. The number of benzene rings is 2. The van der Waals surface area contributed by atoms with Gasteiger partial charge in [-0.2, -0.15) is 0 Å². The Hall–Kier alpha value is -3.55. The van der Waals surface area contributed by atoms with E-state index in [1.165, 1.54) is 48.2 Å². The predicted octanol–water partition coefficient (Wildman–Crippen LogP) is 4.37. The highest BCUT2D eigenvalue weighted by atomic mass is 16.6. The highest BCUT2D eigenvalue weighted by Crippen LogP contribution is 2.25. The third-order valence-corrected chi connectivity index (χ3v) is 5.18. The topological polar surface area (TPSA) is 108 Å². The number of nitro groups is 1. The molecular weight excluding hydrogens is 386 g/mol. The molecular formula is C22H21N3O5. The molecule has 4 rings (SSSR count). The van der Waals surface area contributed by atoms with Crippen LogP contribution in [0.2, 0.25) is 0 Å². The lowest BCUT2D eigenvalue weighted by Crippen LogP contribution is -2.12. The van der Waals surface area contributed by atoms with Crippen LogP contribution in [0.4, 0.5) is 5.69 Å². The van der Waals surface area contributed by atoms with Gasteiger partial charge in [-0.1, -0.05) is 18.2 Å². The van der Waals surface area contributed by atoms with Gasteiger partial charge in [0.05, 0.1) is 11.3 Å². The molecule has 1 aliphatic rings. The number of ether oxygens (including phenoxy) is 1. The summed E-state index contributed by atoms with van der Waals surface area (Å²) in [4.78, 5) is 22.6. The van der Waals surface area contributed by atoms with Crippen molar-refractivity contribution in [1.82, 2.24) is 10.2 Å². The maximum absolute atomic E-state index is 12.4. The summed E-state index contributed by atoms with van der Waals surface area (Å²) in [7, 11) is 0. The second kappa shape index (κ2) is 8.44. The molecule has 0 radical (unpaired) electrons. The molecule has 2 aromatic carbocycles. The minimum atomic E-state index is -0.700. The van der Waals surface area contributed by atoms with Gasteiger partial charge in [0.15, 0.2) is 6.10 Å². The Balaban J connectivity index is 1.38. The van der Waals surface area contributed by atoms with E-state index in [1.54, 1.807) is 6.92 Å². The van der Waals surface area contributed by atoms with E-state index in [4.69, 9.17) is 9.15 Å². The van der Waals surface area contributed by atoms with Crippen LogP contribution in [0.15, 0.2) is 46.9 Å². The molecule has 0 bridgehead atoms. The fourth-order valence-corrected chi connectivity index (χ4v) is 3.59. The van der Waals surface area contributed by atoms with Crippen LogP contribution in [-0.2, 0) is 28.8 Å². The average molecular weight is 407 g/mol. The number of hydrogen-bond acceptors (Lipinski definition) is 7. The molecule has 0 spiro atoms. The van der Waals surface area contributed by atoms with Crippen molar-refractivity contribution in [1.29, 1.82) is 0 Å². The van der Waals surface area contributed by atoms with Crippen molar-refractivity contribution < 1.29 is 18.9 Å². The SMILES string of the molecule is C[C@H](OC(=O)Cc1ccc2c(c1)CCCC2)c1nnc(-c2ccc([N+](=O)[O-])cc2)o1. The van der Waals surface area contributed by atoms with Crippen molar-refractivity contribution in [2.24, 2.45) is 0 Å². The summed E-state index contributed by atoms with van der Waals surface area (Å²) < 4.78 is 11.0. The molecule has 8 nitrogen and oxygen atoms in total. The van der Waals surface area contributed by atoms with Crippen LogP contribution in [0.1, 0.15) is 48.5 Å². The monoisotopic (exact) mass is 407 g/mol. The lowest BCUT2D eigenvalue weighted by atomic mass is 9.90. The summed E-state index contributed by atoms with van der Waals surface area (Å²) in [5, 5.41) is 18.6. The van der Waals surface area contributed by atoms with Crippen LogP contribution in [0.25, 0.3) is 11.5 Å². The zero-order valence-corrected chi connectivity index (χ0v) is 16.5. The zero-order valence-electron chi connectivity index (χ0n) is 16.5. The number of carbonyl (C=O) groups is 1. The minimum Gasteiger partial charge on any atom is -0.452 e. The molecule has 30 heavy (non-hydrogen) atoms. The number of hydrogen-bond donors (Lipinski definition) is 0. The second-order valence-electron chi connectivity index (χ2n) is 7.37. The van der Waals surface area contributed by atoms with E-state index in [0.717, 1.165) is 18.4 Å². The van der Waals surface area contributed by atoms with E-state index in [1.807, 2.05) is 6.07 Å². The molecule has 0 aliphatic heterocycles. The summed E-state index contributed by atoms with van der Waals surface area (Å²) >= 11 is 0. The fraction of sp³-hybridized carbons (Fsp3) is 0.318. The van der Waals surface area contributed by atoms with Crippen molar-refractivity contribution in [3.63, 3.8) is 0 Å². The smallest absolute Gasteiger partial charge is 0.311 e. The third kappa shape index (κ3) is 4.37. The first-order chi connectivity index (χ1) is 14.5. The summed E-state index contributed by atoms with van der Waals surface area (Å²) in [6, 6.07) is 12.0. The molecule has 8 heteroatoms. The summed E-state index contributed by atoms with van der Waals surface area (Å²) in [5.74, 6) is 0.00738. The van der Waals surface area contributed by atoms with E-state index in [0.29, 0.717) is 5.56 Å². The number of rotatable bonds is 6. The Labute approximate surface area is 173 Å². The minimum absolute atomic E-state index is 0.0250. The number of non-ortho nitro benzene ring substituents is 1. The number of nitrogens with zero attached hydrogens (tertiary/aromatic N) is 3. The molecule has 1 atom stereocenters. The van der Waals surface area contributed by atoms with Gasteiger partial charge in [-0.15, -0.1) is 10.2 Å². The number of esters is 1. The molecule has 3 aromatic rings. The van der Waals surface area contributed by atoms with Gasteiger partial charge >= 0.3 is 5.97 Å². The number of fused-ring (bicyclic) bond motifs is 1. The number of carbonyl (C=O) groups excluding carboxylic acids is 1. The Morgan fingerprint density at radius 1 is 1.13 bits per heavy atom. The van der Waals surface area contributed by atoms with Gasteiger partial charge in [0, 0.05) is 17.7 Å². The predicted molar refractivity (Wildman–Crippen MR) is 108 cm³/mol. The van der Waals surface area contributed by atoms with Crippen LogP contribution in [0.5, 0.6) is 0 Å². The van der Waals surface area contributed by atoms with Crippen molar-refractivity contribution >= 4 is 11.7 Å². The Morgan fingerprint density at radius 3 is 2.60 bits per heavy atom. The highest BCUT2D eigenvalue weighted by Gasteiger charge is 2.20. The van der Waals surface area contributed by atoms with Gasteiger partial charge in [-0.05, 0) is 61.4 Å². The highest BCUT2D eigenvalue weighted by molar-refractivity contribution is 5.73. The number of aryl methyl sites for hydroxylation is 2. The zero-order chi connectivity index (χ0) is 21.1. The molecule has 0 saturated heterocycles. The first kappa shape index (κ1) is 19.8. The molecule has 0 unspecified atom stereocenters. The largest absolute Gasteiger partial charge is 0.452 e. The maximum Gasteiger partial charge on any atom is 0.311 e. The molecule has 1 aromatic heterocycles. The van der Waals surface area contributed by atoms with E-state index >= 15 is 0 Å². The quantitative estimate of drug-likeness (QED) is 0.339. The average Bonchev–Trinajstić information content (AvgIpc) is 3.24. The molecule has 0 saturated carbocycles. The van der Waals surface area contributed by atoms with E-state index < -0.39 is 11.0 Å². The van der Waals surface area contributed by atoms with Crippen molar-refractivity contribution in [2.45, 2.75) is 45.1 Å². The normalized spacial score (nSPS) is 14.0. The van der Waals surface area contributed by atoms with Gasteiger partial charge in [-0.25, -0.2) is 0 Å².